The van der Waals surface area contributed by atoms with Gasteiger partial charge in [0.25, 0.3) is 0 Å². The number of para-hydroxylation sites is 1. The summed E-state index contributed by atoms with van der Waals surface area (Å²) in [4.78, 5) is 0. The van der Waals surface area contributed by atoms with Gasteiger partial charge < -0.3 is 10.3 Å². The number of aromatic hydroxyl groups is 1. The molecule has 1 aromatic rings. The molecule has 63 valence electrons. The smallest absolute Gasteiger partial charge is 0.124 e. The Morgan fingerprint density at radius 2 is 1.91 bits per heavy atom. The third kappa shape index (κ3) is 2.76. The molecular weight excluding hydrogens is 238 g/mol. The summed E-state index contributed by atoms with van der Waals surface area (Å²) in [5.74, 6) is 0.111. The average molecular weight is 245 g/mol. The van der Waals surface area contributed by atoms with Crippen molar-refractivity contribution in [1.82, 2.24) is 0 Å². The Morgan fingerprint density at radius 1 is 1.27 bits per heavy atom. The third-order valence-corrected chi connectivity index (χ3v) is 1.13. The molecule has 1 aromatic carbocycles. The van der Waals surface area contributed by atoms with Crippen LogP contribution in [0.4, 0.5) is 0 Å². The zero-order valence-electron chi connectivity index (χ0n) is 5.53. The summed E-state index contributed by atoms with van der Waals surface area (Å²) in [5.41, 5.74) is 0.505. The number of nitrogens with zero attached hydrogens (tertiary/aromatic N) is 1. The maximum Gasteiger partial charge on any atom is 0.124 e. The van der Waals surface area contributed by atoms with Gasteiger partial charge in [-0.3, -0.25) is 0 Å². The molecule has 2 N–H and O–H groups in total. The van der Waals surface area contributed by atoms with E-state index in [0.29, 0.717) is 5.56 Å². The van der Waals surface area contributed by atoms with Gasteiger partial charge in [0.2, 0.25) is 0 Å². The van der Waals surface area contributed by atoms with Gasteiger partial charge in [0.15, 0.2) is 0 Å². The summed E-state index contributed by atoms with van der Waals surface area (Å²) in [6.07, 6.45) is 1.18. The molecule has 0 heterocycles. The van der Waals surface area contributed by atoms with E-state index in [1.54, 1.807) is 18.2 Å². The number of phenols is 1. The van der Waals surface area contributed by atoms with Crippen molar-refractivity contribution in [3.05, 3.63) is 29.8 Å². The van der Waals surface area contributed by atoms with E-state index in [9.17, 15) is 0 Å². The van der Waals surface area contributed by atoms with Crippen molar-refractivity contribution in [1.29, 1.82) is 0 Å². The van der Waals surface area contributed by atoms with Crippen LogP contribution < -0.4 is 0 Å². The normalized spacial score (nSPS) is 9.45. The molecule has 0 fully saturated rings. The second-order valence-electron chi connectivity index (χ2n) is 1.80. The Kier molecular flexibility index (Phi) is 4.61. The quantitative estimate of drug-likeness (QED) is 0.338. The molecule has 0 amide bonds. The molecule has 1 rings (SSSR count). The van der Waals surface area contributed by atoms with Crippen LogP contribution in [0.25, 0.3) is 0 Å². The molecule has 0 atom stereocenters. The minimum Gasteiger partial charge on any atom is -0.507 e. The van der Waals surface area contributed by atoms with E-state index in [0.717, 1.165) is 0 Å². The molecule has 0 saturated heterocycles. The van der Waals surface area contributed by atoms with E-state index in [4.69, 9.17) is 10.3 Å². The van der Waals surface area contributed by atoms with Gasteiger partial charge in [-0.1, -0.05) is 17.3 Å². The molecule has 0 aromatic heterocycles. The third-order valence-electron chi connectivity index (χ3n) is 1.13. The van der Waals surface area contributed by atoms with Gasteiger partial charge in [-0.05, 0) is 12.1 Å². The van der Waals surface area contributed by atoms with Crippen molar-refractivity contribution >= 4 is 6.21 Å². The van der Waals surface area contributed by atoms with Crippen LogP contribution in [0.15, 0.2) is 29.4 Å². The maximum absolute atomic E-state index is 9.04. The fourth-order valence-corrected chi connectivity index (χ4v) is 0.659. The molecule has 4 heteroatoms. The first-order valence-electron chi connectivity index (χ1n) is 2.80. The fraction of sp³-hybridized carbons (Fsp3) is 0. The molecule has 0 bridgehead atoms. The first-order valence-corrected chi connectivity index (χ1v) is 2.80. The molecule has 0 aliphatic rings. The Balaban J connectivity index is 0.000001000. The first kappa shape index (κ1) is 10.2. The molecule has 0 saturated carbocycles. The minimum absolute atomic E-state index is 0. The number of hydrogen-bond acceptors (Lipinski definition) is 3. The molecule has 0 aliphatic heterocycles. The summed E-state index contributed by atoms with van der Waals surface area (Å²) in [6.45, 7) is 0. The predicted molar refractivity (Wildman–Crippen MR) is 37.5 cm³/mol. The van der Waals surface area contributed by atoms with E-state index in [-0.39, 0.29) is 28.1 Å². The van der Waals surface area contributed by atoms with Gasteiger partial charge in [-0.25, -0.2) is 0 Å². The number of benzene rings is 1. The minimum atomic E-state index is 0. The van der Waals surface area contributed by atoms with Gasteiger partial charge >= 0.3 is 0 Å². The van der Waals surface area contributed by atoms with Crippen LogP contribution >= 0.6 is 0 Å². The van der Waals surface area contributed by atoms with E-state index in [1.165, 1.54) is 12.3 Å². The molecule has 0 unspecified atom stereocenters. The monoisotopic (exact) mass is 244 g/mol. The van der Waals surface area contributed by atoms with Crippen LogP contribution in [-0.2, 0) is 22.4 Å². The summed E-state index contributed by atoms with van der Waals surface area (Å²) in [7, 11) is 0. The Hall–Kier alpha value is -0.770. The van der Waals surface area contributed by atoms with E-state index in [2.05, 4.69) is 5.16 Å². The van der Waals surface area contributed by atoms with Crippen LogP contribution in [0.2, 0.25) is 0 Å². The number of phenolic OH excluding ortho intramolecular Hbond substituents is 1. The first-order chi connectivity index (χ1) is 4.84. The maximum atomic E-state index is 9.04. The summed E-state index contributed by atoms with van der Waals surface area (Å²) in [5, 5.41) is 19.9. The summed E-state index contributed by atoms with van der Waals surface area (Å²) in [6, 6.07) is 6.62. The number of rotatable bonds is 1. The van der Waals surface area contributed by atoms with Crippen LogP contribution in [0.1, 0.15) is 5.56 Å². The average Bonchev–Trinajstić information content (AvgIpc) is 1.94. The fourth-order valence-electron chi connectivity index (χ4n) is 0.659. The molecule has 3 nitrogen and oxygen atoms in total. The SMILES string of the molecule is O/N=C\c1ccccc1O.[Ag]. The van der Waals surface area contributed by atoms with Crippen LogP contribution in [-0.4, -0.2) is 16.5 Å². The standard InChI is InChI=1S/C7H7NO2.Ag/c9-7-4-2-1-3-6(7)5-8-10;/h1-5,9-10H;/b8-5-;. The Morgan fingerprint density at radius 3 is 2.45 bits per heavy atom. The van der Waals surface area contributed by atoms with Gasteiger partial charge in [0.1, 0.15) is 5.75 Å². The Labute approximate surface area is 79.9 Å². The van der Waals surface area contributed by atoms with Gasteiger partial charge in [0, 0.05) is 27.9 Å². The second kappa shape index (κ2) is 4.96. The zero-order chi connectivity index (χ0) is 7.40. The summed E-state index contributed by atoms with van der Waals surface area (Å²) < 4.78 is 0. The Bertz CT molecular complexity index is 250. The van der Waals surface area contributed by atoms with Crippen molar-refractivity contribution in [2.24, 2.45) is 5.16 Å². The van der Waals surface area contributed by atoms with Crippen molar-refractivity contribution in [2.45, 2.75) is 0 Å². The van der Waals surface area contributed by atoms with Crippen LogP contribution in [0.5, 0.6) is 5.75 Å². The van der Waals surface area contributed by atoms with E-state index in [1.807, 2.05) is 0 Å². The van der Waals surface area contributed by atoms with Gasteiger partial charge in [-0.15, -0.1) is 0 Å². The van der Waals surface area contributed by atoms with Gasteiger partial charge in [-0.2, -0.15) is 0 Å². The largest absolute Gasteiger partial charge is 0.507 e. The molecule has 0 spiro atoms. The molecule has 11 heavy (non-hydrogen) atoms. The van der Waals surface area contributed by atoms with Crippen molar-refractivity contribution in [2.75, 3.05) is 0 Å². The van der Waals surface area contributed by atoms with E-state index < -0.39 is 0 Å². The molecular formula is C7H7AgNO2. The van der Waals surface area contributed by atoms with Crippen LogP contribution in [0.3, 0.4) is 0 Å². The molecule has 1 radical (unpaired) electrons. The second-order valence-corrected chi connectivity index (χ2v) is 1.80. The van der Waals surface area contributed by atoms with E-state index >= 15 is 0 Å². The van der Waals surface area contributed by atoms with Crippen molar-refractivity contribution < 1.29 is 32.7 Å². The number of oxime groups is 1. The molecule has 0 aliphatic carbocycles. The van der Waals surface area contributed by atoms with Gasteiger partial charge in [0.05, 0.1) is 6.21 Å². The predicted octanol–water partition coefficient (Wildman–Crippen LogP) is 1.20. The topological polar surface area (TPSA) is 52.8 Å². The van der Waals surface area contributed by atoms with Crippen molar-refractivity contribution in [3.63, 3.8) is 0 Å². The summed E-state index contributed by atoms with van der Waals surface area (Å²) >= 11 is 0. The van der Waals surface area contributed by atoms with Crippen LogP contribution in [0, 0.1) is 0 Å². The van der Waals surface area contributed by atoms with Crippen molar-refractivity contribution in [3.8, 4) is 5.75 Å². The zero-order valence-corrected chi connectivity index (χ0v) is 7.01. The number of hydrogen-bond donors (Lipinski definition) is 2.